The Balaban J connectivity index is 2.56. The fourth-order valence-electron chi connectivity index (χ4n) is 1.76. The van der Waals surface area contributed by atoms with Gasteiger partial charge in [-0.25, -0.2) is 8.51 Å². The van der Waals surface area contributed by atoms with E-state index in [4.69, 9.17) is 0 Å². The number of thiophene rings is 1. The Bertz CT molecular complexity index is 356. The van der Waals surface area contributed by atoms with Crippen molar-refractivity contribution in [1.29, 1.82) is 0 Å². The van der Waals surface area contributed by atoms with Gasteiger partial charge in [0.25, 0.3) is 0 Å². The minimum absolute atomic E-state index is 0.212. The molecule has 0 radical (unpaired) electrons. The zero-order valence-corrected chi connectivity index (χ0v) is 9.67. The highest BCUT2D eigenvalue weighted by atomic mass is 32.2. The highest BCUT2D eigenvalue weighted by Gasteiger charge is 2.38. The predicted octanol–water partition coefficient (Wildman–Crippen LogP) is 2.09. The molecule has 0 aromatic carbocycles. The van der Waals surface area contributed by atoms with E-state index in [2.05, 4.69) is 11.4 Å². The largest absolute Gasteiger partial charge is 0.242 e. The van der Waals surface area contributed by atoms with Crippen molar-refractivity contribution < 1.29 is 4.21 Å². The molecular formula is C9H13NOS2. The molecule has 1 aromatic rings. The maximum Gasteiger partial charge on any atom is 0.105 e. The molecule has 1 atom stereocenters. The molecule has 0 saturated heterocycles. The standard InChI is InChI=1S/C9H13NOS2/c1-9(2)8-7(4-5-12-8)6-10(3)13(9)11/h4-5H,6H2,1-3H3. The lowest BCUT2D eigenvalue weighted by atomic mass is 10.1. The Morgan fingerprint density at radius 1 is 1.62 bits per heavy atom. The Morgan fingerprint density at radius 2 is 2.31 bits per heavy atom. The average molecular weight is 215 g/mol. The van der Waals surface area contributed by atoms with Crippen LogP contribution in [0.1, 0.15) is 24.3 Å². The first kappa shape index (κ1) is 9.37. The third kappa shape index (κ3) is 1.28. The van der Waals surface area contributed by atoms with E-state index in [9.17, 15) is 4.21 Å². The van der Waals surface area contributed by atoms with Crippen molar-refractivity contribution in [1.82, 2.24) is 4.31 Å². The molecule has 0 saturated carbocycles. The molecule has 13 heavy (non-hydrogen) atoms. The summed E-state index contributed by atoms with van der Waals surface area (Å²) in [6, 6.07) is 2.13. The lowest BCUT2D eigenvalue weighted by Crippen LogP contribution is -2.39. The monoisotopic (exact) mass is 215 g/mol. The molecule has 0 amide bonds. The first-order chi connectivity index (χ1) is 6.03. The second-order valence-corrected chi connectivity index (χ2v) is 6.88. The van der Waals surface area contributed by atoms with Gasteiger partial charge in [0.2, 0.25) is 0 Å². The first-order valence-electron chi connectivity index (χ1n) is 4.23. The van der Waals surface area contributed by atoms with Crippen molar-refractivity contribution in [3.8, 4) is 0 Å². The second-order valence-electron chi connectivity index (χ2n) is 3.82. The van der Waals surface area contributed by atoms with E-state index in [0.29, 0.717) is 0 Å². The molecular weight excluding hydrogens is 202 g/mol. The number of rotatable bonds is 0. The van der Waals surface area contributed by atoms with E-state index in [0.717, 1.165) is 6.54 Å². The third-order valence-electron chi connectivity index (χ3n) is 2.41. The summed E-state index contributed by atoms with van der Waals surface area (Å²) in [4.78, 5) is 1.28. The van der Waals surface area contributed by atoms with Crippen LogP contribution in [0.4, 0.5) is 0 Å². The molecule has 1 unspecified atom stereocenters. The molecule has 0 aliphatic carbocycles. The molecule has 2 rings (SSSR count). The van der Waals surface area contributed by atoms with Gasteiger partial charge in [-0.3, -0.25) is 0 Å². The van der Waals surface area contributed by atoms with Gasteiger partial charge in [-0.05, 0) is 30.9 Å². The van der Waals surface area contributed by atoms with Gasteiger partial charge in [-0.15, -0.1) is 11.3 Å². The van der Waals surface area contributed by atoms with Gasteiger partial charge >= 0.3 is 0 Å². The minimum Gasteiger partial charge on any atom is -0.242 e. The molecule has 1 aromatic heterocycles. The summed E-state index contributed by atoms with van der Waals surface area (Å²) in [5, 5.41) is 2.09. The molecule has 4 heteroatoms. The first-order valence-corrected chi connectivity index (χ1v) is 6.22. The van der Waals surface area contributed by atoms with Gasteiger partial charge in [0.05, 0.1) is 4.75 Å². The van der Waals surface area contributed by atoms with E-state index >= 15 is 0 Å². The maximum atomic E-state index is 12.0. The Hall–Kier alpha value is -0.190. The quantitative estimate of drug-likeness (QED) is 0.649. The molecule has 0 spiro atoms. The average Bonchev–Trinajstić information content (AvgIpc) is 2.49. The van der Waals surface area contributed by atoms with Crippen LogP contribution in [0.3, 0.4) is 0 Å². The molecule has 2 heterocycles. The topological polar surface area (TPSA) is 20.3 Å². The second kappa shape index (κ2) is 2.90. The van der Waals surface area contributed by atoms with Crippen LogP contribution in [-0.2, 0) is 22.3 Å². The summed E-state index contributed by atoms with van der Waals surface area (Å²) < 4.78 is 13.7. The number of nitrogens with zero attached hydrogens (tertiary/aromatic N) is 1. The zero-order valence-electron chi connectivity index (χ0n) is 8.03. The fourth-order valence-corrected chi connectivity index (χ4v) is 4.38. The SMILES string of the molecule is CN1Cc2ccsc2C(C)(C)S1=O. The van der Waals surface area contributed by atoms with Crippen molar-refractivity contribution in [2.24, 2.45) is 0 Å². The zero-order chi connectivity index (χ0) is 9.64. The van der Waals surface area contributed by atoms with Crippen LogP contribution in [0.15, 0.2) is 11.4 Å². The number of hydrogen-bond acceptors (Lipinski definition) is 2. The van der Waals surface area contributed by atoms with E-state index in [1.165, 1.54) is 10.4 Å². The van der Waals surface area contributed by atoms with Crippen LogP contribution in [0.2, 0.25) is 0 Å². The predicted molar refractivity (Wildman–Crippen MR) is 57.0 cm³/mol. The number of hydrogen-bond donors (Lipinski definition) is 0. The summed E-state index contributed by atoms with van der Waals surface area (Å²) in [6.07, 6.45) is 0. The van der Waals surface area contributed by atoms with Gasteiger partial charge in [0, 0.05) is 18.5 Å². The highest BCUT2D eigenvalue weighted by Crippen LogP contribution is 2.39. The minimum atomic E-state index is -0.891. The fraction of sp³-hybridized carbons (Fsp3) is 0.556. The normalized spacial score (nSPS) is 27.2. The van der Waals surface area contributed by atoms with Gasteiger partial charge < -0.3 is 0 Å². The van der Waals surface area contributed by atoms with Gasteiger partial charge in [-0.1, -0.05) is 0 Å². The molecule has 0 N–H and O–H groups in total. The van der Waals surface area contributed by atoms with Crippen molar-refractivity contribution in [2.45, 2.75) is 25.1 Å². The number of fused-ring (bicyclic) bond motifs is 1. The van der Waals surface area contributed by atoms with E-state index in [1.807, 2.05) is 25.2 Å². The summed E-state index contributed by atoms with van der Waals surface area (Å²) >= 11 is 1.72. The molecule has 2 nitrogen and oxygen atoms in total. The lowest BCUT2D eigenvalue weighted by Gasteiger charge is -2.34. The van der Waals surface area contributed by atoms with Crippen LogP contribution < -0.4 is 0 Å². The summed E-state index contributed by atoms with van der Waals surface area (Å²) in [5.41, 5.74) is 1.33. The Kier molecular flexibility index (Phi) is 2.09. The maximum absolute atomic E-state index is 12.0. The smallest absolute Gasteiger partial charge is 0.105 e. The molecule has 1 aliphatic rings. The summed E-state index contributed by atoms with van der Waals surface area (Å²) in [5.74, 6) is 0. The van der Waals surface area contributed by atoms with Crippen LogP contribution in [0.25, 0.3) is 0 Å². The highest BCUT2D eigenvalue weighted by molar-refractivity contribution is 7.83. The Morgan fingerprint density at radius 3 is 3.00 bits per heavy atom. The van der Waals surface area contributed by atoms with Crippen molar-refractivity contribution in [2.75, 3.05) is 7.05 Å². The van der Waals surface area contributed by atoms with Crippen LogP contribution in [0, 0.1) is 0 Å². The van der Waals surface area contributed by atoms with E-state index < -0.39 is 11.0 Å². The molecule has 0 bridgehead atoms. The van der Waals surface area contributed by atoms with Crippen molar-refractivity contribution in [3.63, 3.8) is 0 Å². The third-order valence-corrected chi connectivity index (χ3v) is 5.59. The van der Waals surface area contributed by atoms with Gasteiger partial charge in [0.1, 0.15) is 11.0 Å². The lowest BCUT2D eigenvalue weighted by molar-refractivity contribution is 0.474. The van der Waals surface area contributed by atoms with Crippen LogP contribution in [-0.4, -0.2) is 15.6 Å². The van der Waals surface area contributed by atoms with Crippen molar-refractivity contribution >= 4 is 22.3 Å². The van der Waals surface area contributed by atoms with Crippen LogP contribution >= 0.6 is 11.3 Å². The molecule has 72 valence electrons. The van der Waals surface area contributed by atoms with Gasteiger partial charge in [-0.2, -0.15) is 0 Å². The summed E-state index contributed by atoms with van der Waals surface area (Å²) in [6.45, 7) is 4.91. The Labute approximate surface area is 85.2 Å². The van der Waals surface area contributed by atoms with Crippen molar-refractivity contribution in [3.05, 3.63) is 21.9 Å². The van der Waals surface area contributed by atoms with E-state index in [1.54, 1.807) is 11.3 Å². The molecule has 0 fully saturated rings. The molecule has 1 aliphatic heterocycles. The van der Waals surface area contributed by atoms with Crippen LogP contribution in [0.5, 0.6) is 0 Å². The van der Waals surface area contributed by atoms with Gasteiger partial charge in [0.15, 0.2) is 0 Å². The summed E-state index contributed by atoms with van der Waals surface area (Å²) in [7, 11) is 1.02. The van der Waals surface area contributed by atoms with E-state index in [-0.39, 0.29) is 4.75 Å².